The van der Waals surface area contributed by atoms with Gasteiger partial charge in [0.15, 0.2) is 0 Å². The fourth-order valence-electron chi connectivity index (χ4n) is 1.64. The molecule has 0 bridgehead atoms. The molecule has 0 heterocycles. The Kier molecular flexibility index (Phi) is 6.11. The number of carbonyl (C=O) groups excluding carboxylic acids is 2. The van der Waals surface area contributed by atoms with Gasteiger partial charge >= 0.3 is 11.8 Å². The molecular weight excluding hydrogens is 263 g/mol. The van der Waals surface area contributed by atoms with Crippen LogP contribution in [0, 0.1) is 5.82 Å². The molecule has 5 nitrogen and oxygen atoms in total. The van der Waals surface area contributed by atoms with E-state index < -0.39 is 17.9 Å². The molecule has 20 heavy (non-hydrogen) atoms. The zero-order chi connectivity index (χ0) is 15.1. The Bertz CT molecular complexity index is 477. The average molecular weight is 282 g/mol. The Labute approximate surface area is 117 Å². The monoisotopic (exact) mass is 282 g/mol. The van der Waals surface area contributed by atoms with Crippen molar-refractivity contribution in [1.82, 2.24) is 10.6 Å². The van der Waals surface area contributed by atoms with Gasteiger partial charge in [-0.3, -0.25) is 9.59 Å². The van der Waals surface area contributed by atoms with E-state index in [4.69, 9.17) is 4.74 Å². The van der Waals surface area contributed by atoms with Crippen LogP contribution in [0.2, 0.25) is 0 Å². The van der Waals surface area contributed by atoms with E-state index in [0.717, 1.165) is 0 Å². The number of carbonyl (C=O) groups is 2. The van der Waals surface area contributed by atoms with Crippen molar-refractivity contribution in [2.45, 2.75) is 26.0 Å². The molecule has 6 heteroatoms. The largest absolute Gasteiger partial charge is 0.375 e. The Morgan fingerprint density at radius 2 is 2.00 bits per heavy atom. The molecule has 2 amide bonds. The normalized spacial score (nSPS) is 12.1. The molecule has 0 aromatic heterocycles. The molecular formula is C14H19FN2O3. The van der Waals surface area contributed by atoms with Crippen LogP contribution in [0.4, 0.5) is 4.39 Å². The summed E-state index contributed by atoms with van der Waals surface area (Å²) in [4.78, 5) is 23.0. The lowest BCUT2D eigenvalue weighted by atomic mass is 10.1. The van der Waals surface area contributed by atoms with Crippen LogP contribution in [-0.4, -0.2) is 31.5 Å². The minimum atomic E-state index is -0.739. The second-order valence-corrected chi connectivity index (χ2v) is 4.62. The van der Waals surface area contributed by atoms with Gasteiger partial charge in [0, 0.05) is 19.7 Å². The summed E-state index contributed by atoms with van der Waals surface area (Å²) >= 11 is 0. The molecule has 110 valence electrons. The zero-order valence-electron chi connectivity index (χ0n) is 11.8. The van der Waals surface area contributed by atoms with Gasteiger partial charge in [0.1, 0.15) is 5.82 Å². The van der Waals surface area contributed by atoms with E-state index in [9.17, 15) is 14.0 Å². The Morgan fingerprint density at radius 3 is 2.55 bits per heavy atom. The topological polar surface area (TPSA) is 67.4 Å². The van der Waals surface area contributed by atoms with Crippen molar-refractivity contribution in [1.29, 1.82) is 0 Å². The highest BCUT2D eigenvalue weighted by atomic mass is 19.1. The number of rotatable bonds is 5. The molecule has 1 aromatic rings. The summed E-state index contributed by atoms with van der Waals surface area (Å²) in [6.45, 7) is 3.61. The number of benzene rings is 1. The highest BCUT2D eigenvalue weighted by Crippen LogP contribution is 2.16. The second kappa shape index (κ2) is 7.59. The molecule has 0 saturated carbocycles. The molecule has 1 rings (SSSR count). The third kappa shape index (κ3) is 4.97. The molecule has 1 atom stereocenters. The number of amides is 2. The van der Waals surface area contributed by atoms with E-state index in [2.05, 4.69) is 10.6 Å². The van der Waals surface area contributed by atoms with Crippen LogP contribution in [0.15, 0.2) is 24.3 Å². The van der Waals surface area contributed by atoms with Crippen LogP contribution in [0.3, 0.4) is 0 Å². The smallest absolute Gasteiger partial charge is 0.309 e. The molecule has 2 N–H and O–H groups in total. The van der Waals surface area contributed by atoms with Gasteiger partial charge < -0.3 is 15.4 Å². The van der Waals surface area contributed by atoms with E-state index in [1.807, 2.05) is 0 Å². The highest BCUT2D eigenvalue weighted by molar-refractivity contribution is 6.35. The summed E-state index contributed by atoms with van der Waals surface area (Å²) in [6.07, 6.45) is -0.513. The van der Waals surface area contributed by atoms with Crippen molar-refractivity contribution in [3.63, 3.8) is 0 Å². The Hall–Kier alpha value is -1.95. The van der Waals surface area contributed by atoms with Gasteiger partial charge in [0.2, 0.25) is 0 Å². The lowest BCUT2D eigenvalue weighted by Crippen LogP contribution is -2.43. The molecule has 0 aliphatic rings. The fraction of sp³-hybridized carbons (Fsp3) is 0.429. The summed E-state index contributed by atoms with van der Waals surface area (Å²) in [5.74, 6) is -1.82. The third-order valence-corrected chi connectivity index (χ3v) is 2.58. The van der Waals surface area contributed by atoms with Crippen molar-refractivity contribution in [2.24, 2.45) is 0 Å². The van der Waals surface area contributed by atoms with Gasteiger partial charge in [-0.1, -0.05) is 12.1 Å². The molecule has 0 aliphatic carbocycles. The lowest BCUT2D eigenvalue weighted by Gasteiger charge is -2.16. The van der Waals surface area contributed by atoms with Crippen LogP contribution < -0.4 is 10.6 Å². The number of halogens is 1. The Balaban J connectivity index is 2.58. The summed E-state index contributed by atoms with van der Waals surface area (Å²) in [6, 6.07) is 5.79. The van der Waals surface area contributed by atoms with E-state index in [1.54, 1.807) is 26.0 Å². The maximum atomic E-state index is 13.1. The van der Waals surface area contributed by atoms with Gasteiger partial charge in [-0.25, -0.2) is 4.39 Å². The van der Waals surface area contributed by atoms with Crippen LogP contribution in [-0.2, 0) is 14.3 Å². The molecule has 1 aromatic carbocycles. The van der Waals surface area contributed by atoms with Crippen LogP contribution in [0.1, 0.15) is 25.5 Å². The van der Waals surface area contributed by atoms with Crippen molar-refractivity contribution < 1.29 is 18.7 Å². The summed E-state index contributed by atoms with van der Waals surface area (Å²) in [7, 11) is 1.45. The third-order valence-electron chi connectivity index (χ3n) is 2.58. The van der Waals surface area contributed by atoms with Gasteiger partial charge in [0.25, 0.3) is 0 Å². The number of methoxy groups -OCH3 is 1. The fourth-order valence-corrected chi connectivity index (χ4v) is 1.64. The quantitative estimate of drug-likeness (QED) is 0.796. The molecule has 0 radical (unpaired) electrons. The first-order valence-corrected chi connectivity index (χ1v) is 6.31. The molecule has 0 unspecified atom stereocenters. The highest BCUT2D eigenvalue weighted by Gasteiger charge is 2.17. The summed E-state index contributed by atoms with van der Waals surface area (Å²) in [5, 5.41) is 4.94. The van der Waals surface area contributed by atoms with Crippen molar-refractivity contribution in [3.05, 3.63) is 35.6 Å². The Morgan fingerprint density at radius 1 is 1.30 bits per heavy atom. The number of hydrogen-bond donors (Lipinski definition) is 2. The van der Waals surface area contributed by atoms with Crippen LogP contribution in [0.5, 0.6) is 0 Å². The van der Waals surface area contributed by atoms with E-state index in [1.165, 1.54) is 19.2 Å². The van der Waals surface area contributed by atoms with E-state index in [0.29, 0.717) is 5.56 Å². The number of hydrogen-bond acceptors (Lipinski definition) is 3. The van der Waals surface area contributed by atoms with Gasteiger partial charge in [-0.2, -0.15) is 0 Å². The summed E-state index contributed by atoms with van der Waals surface area (Å²) in [5.41, 5.74) is 0.595. The standard InChI is InChI=1S/C14H19FN2O3/c1-9(2)17-14(19)13(18)16-8-12(20-3)10-5-4-6-11(15)7-10/h4-7,9,12H,8H2,1-3H3,(H,16,18)(H,17,19)/t12-/m0/s1. The van der Waals surface area contributed by atoms with Crippen molar-refractivity contribution >= 4 is 11.8 Å². The minimum absolute atomic E-state index is 0.0876. The minimum Gasteiger partial charge on any atom is -0.375 e. The molecule has 0 aliphatic heterocycles. The van der Waals surface area contributed by atoms with Crippen LogP contribution >= 0.6 is 0 Å². The summed E-state index contributed by atoms with van der Waals surface area (Å²) < 4.78 is 18.3. The van der Waals surface area contributed by atoms with Gasteiger partial charge in [-0.05, 0) is 31.5 Å². The van der Waals surface area contributed by atoms with Crippen molar-refractivity contribution in [3.8, 4) is 0 Å². The van der Waals surface area contributed by atoms with Crippen LogP contribution in [0.25, 0.3) is 0 Å². The molecule has 0 fully saturated rings. The maximum absolute atomic E-state index is 13.1. The first-order chi connectivity index (χ1) is 9.43. The van der Waals surface area contributed by atoms with Gasteiger partial charge in [-0.15, -0.1) is 0 Å². The zero-order valence-corrected chi connectivity index (χ0v) is 11.8. The van der Waals surface area contributed by atoms with Gasteiger partial charge in [0.05, 0.1) is 6.10 Å². The molecule has 0 saturated heterocycles. The molecule has 0 spiro atoms. The van der Waals surface area contributed by atoms with Crippen molar-refractivity contribution in [2.75, 3.05) is 13.7 Å². The predicted octanol–water partition coefficient (Wildman–Crippen LogP) is 1.15. The number of ether oxygens (including phenoxy) is 1. The lowest BCUT2D eigenvalue weighted by molar-refractivity contribution is -0.139. The van der Waals surface area contributed by atoms with E-state index >= 15 is 0 Å². The number of nitrogens with one attached hydrogen (secondary N) is 2. The average Bonchev–Trinajstić information content (AvgIpc) is 2.38. The SMILES string of the molecule is CO[C@@H](CNC(=O)C(=O)NC(C)C)c1cccc(F)c1. The van der Waals surface area contributed by atoms with E-state index in [-0.39, 0.29) is 18.4 Å². The maximum Gasteiger partial charge on any atom is 0.309 e. The first-order valence-electron chi connectivity index (χ1n) is 6.31. The predicted molar refractivity (Wildman–Crippen MR) is 72.4 cm³/mol. The first kappa shape index (κ1) is 16.1. The second-order valence-electron chi connectivity index (χ2n) is 4.62.